The van der Waals surface area contributed by atoms with Crippen molar-refractivity contribution in [2.24, 2.45) is 0 Å². The van der Waals surface area contributed by atoms with Crippen molar-refractivity contribution in [1.82, 2.24) is 29.8 Å². The number of carboxylic acid groups (broad SMARTS) is 2. The van der Waals surface area contributed by atoms with E-state index in [1.807, 2.05) is 21.9 Å². The molecule has 2 aromatic rings. The summed E-state index contributed by atoms with van der Waals surface area (Å²) in [4.78, 5) is 66.7. The number of aldehydes is 1. The van der Waals surface area contributed by atoms with E-state index < -0.39 is 11.9 Å². The van der Waals surface area contributed by atoms with Gasteiger partial charge in [-0.2, -0.15) is 0 Å². The molecule has 0 aliphatic carbocycles. The fourth-order valence-corrected chi connectivity index (χ4v) is 10.2. The van der Waals surface area contributed by atoms with Gasteiger partial charge in [-0.25, -0.2) is 4.79 Å². The van der Waals surface area contributed by atoms with Crippen molar-refractivity contribution in [3.63, 3.8) is 0 Å². The van der Waals surface area contributed by atoms with Gasteiger partial charge in [0.25, 0.3) is 0 Å². The lowest BCUT2D eigenvalue weighted by molar-refractivity contribution is -0.156. The topological polar surface area (TPSA) is 172 Å². The number of likely N-dealkylation sites (tertiary alicyclic amines) is 2. The van der Waals surface area contributed by atoms with Gasteiger partial charge in [0, 0.05) is 26.2 Å². The van der Waals surface area contributed by atoms with Gasteiger partial charge in [-0.05, 0) is 87.3 Å². The lowest BCUT2D eigenvalue weighted by Gasteiger charge is -2.54. The van der Waals surface area contributed by atoms with Crippen molar-refractivity contribution in [3.8, 4) is 0 Å². The minimum Gasteiger partial charge on any atom is -0.480 e. The Balaban J connectivity index is 0.000000185. The number of hydrogen-bond acceptors (Lipinski definition) is 11. The number of halogens is 4. The Kier molecular flexibility index (Phi) is 17.5. The van der Waals surface area contributed by atoms with Crippen LogP contribution in [0.1, 0.15) is 36.8 Å². The largest absolute Gasteiger partial charge is 0.480 e. The third-order valence-corrected chi connectivity index (χ3v) is 13.8. The Morgan fingerprint density at radius 1 is 0.639 bits per heavy atom. The number of carboxylic acids is 2. The minimum atomic E-state index is -1.43. The monoisotopic (exact) mass is 926 g/mol. The molecule has 6 atom stereocenters. The Labute approximate surface area is 376 Å². The molecule has 0 radical (unpaired) electrons. The molecule has 6 saturated heterocycles. The maximum absolute atomic E-state index is 13.4. The summed E-state index contributed by atoms with van der Waals surface area (Å²) in [6.07, 6.45) is 5.19. The predicted octanol–water partition coefficient (Wildman–Crippen LogP) is 3.47. The number of rotatable bonds is 9. The van der Waals surface area contributed by atoms with Crippen LogP contribution in [-0.4, -0.2) is 186 Å². The van der Waals surface area contributed by atoms with Gasteiger partial charge in [0.2, 0.25) is 18.1 Å². The van der Waals surface area contributed by atoms with E-state index in [2.05, 4.69) is 20.0 Å². The smallest absolute Gasteiger partial charge is 0.368 e. The molecule has 0 bridgehead atoms. The number of hydrogen-bond donors (Lipinski definition) is 3. The molecule has 0 unspecified atom stereocenters. The van der Waals surface area contributed by atoms with Gasteiger partial charge >= 0.3 is 11.9 Å². The highest BCUT2D eigenvalue weighted by Gasteiger charge is 2.48. The number of carbonyl (C=O) groups excluding carboxylic acids is 3. The first-order valence-corrected chi connectivity index (χ1v) is 22.3. The van der Waals surface area contributed by atoms with Crippen LogP contribution in [-0.2, 0) is 46.3 Å². The van der Waals surface area contributed by atoms with Gasteiger partial charge in [0.15, 0.2) is 0 Å². The Bertz CT molecular complexity index is 1870. The number of benzene rings is 2. The zero-order chi connectivity index (χ0) is 43.6. The van der Waals surface area contributed by atoms with Crippen LogP contribution in [0.15, 0.2) is 36.4 Å². The van der Waals surface area contributed by atoms with Crippen LogP contribution in [0.2, 0.25) is 20.1 Å². The van der Waals surface area contributed by atoms with E-state index >= 15 is 0 Å². The summed E-state index contributed by atoms with van der Waals surface area (Å²) in [5.41, 5.74) is 1.73. The molecule has 0 aromatic heterocycles. The molecule has 2 amide bonds. The van der Waals surface area contributed by atoms with Crippen LogP contribution >= 0.6 is 46.4 Å². The van der Waals surface area contributed by atoms with E-state index in [0.717, 1.165) is 63.2 Å². The van der Waals surface area contributed by atoms with Crippen molar-refractivity contribution in [3.05, 3.63) is 67.6 Å². The Morgan fingerprint density at radius 2 is 1.11 bits per heavy atom. The van der Waals surface area contributed by atoms with E-state index in [-0.39, 0.29) is 67.3 Å². The Hall–Kier alpha value is -3.09. The van der Waals surface area contributed by atoms with E-state index in [0.29, 0.717) is 66.0 Å². The number of piperazine rings is 2. The molecule has 6 aliphatic rings. The first-order valence-electron chi connectivity index (χ1n) is 20.8. The zero-order valence-electron chi connectivity index (χ0n) is 33.9. The number of nitrogens with zero attached hydrogens (tertiary/aromatic N) is 5. The number of amides is 2. The van der Waals surface area contributed by atoms with Gasteiger partial charge in [-0.1, -0.05) is 58.5 Å². The van der Waals surface area contributed by atoms with E-state index in [4.69, 9.17) is 70.6 Å². The Morgan fingerprint density at radius 3 is 1.61 bits per heavy atom. The number of fused-ring (bicyclic) bond motifs is 2. The van der Waals surface area contributed by atoms with Crippen LogP contribution in [0.5, 0.6) is 0 Å². The summed E-state index contributed by atoms with van der Waals surface area (Å²) in [6.45, 7) is 9.13. The highest BCUT2D eigenvalue weighted by atomic mass is 35.5. The molecular formula is C42H54Cl4N6O9. The summed E-state index contributed by atoms with van der Waals surface area (Å²) in [5, 5.41) is 22.2. The zero-order valence-corrected chi connectivity index (χ0v) is 37.0. The molecule has 15 nitrogen and oxygen atoms in total. The van der Waals surface area contributed by atoms with Crippen LogP contribution in [0.3, 0.4) is 0 Å². The molecule has 6 fully saturated rings. The number of nitrogens with one attached hydrogen (secondary N) is 1. The first-order chi connectivity index (χ1) is 29.3. The quantitative estimate of drug-likeness (QED) is 0.247. The van der Waals surface area contributed by atoms with Crippen molar-refractivity contribution >= 4 is 76.4 Å². The molecule has 61 heavy (non-hydrogen) atoms. The van der Waals surface area contributed by atoms with Gasteiger partial charge in [-0.3, -0.25) is 33.9 Å². The molecule has 6 heterocycles. The number of ether oxygens (including phenoxy) is 2. The molecular weight excluding hydrogens is 874 g/mol. The number of carbonyl (C=O) groups is 5. The molecule has 6 aliphatic heterocycles. The molecule has 8 rings (SSSR count). The third kappa shape index (κ3) is 12.3. The molecule has 19 heteroatoms. The van der Waals surface area contributed by atoms with Crippen molar-refractivity contribution in [2.75, 3.05) is 85.3 Å². The molecule has 3 N–H and O–H groups in total. The van der Waals surface area contributed by atoms with Gasteiger partial charge in [0.05, 0.1) is 102 Å². The fraction of sp³-hybridized carbons (Fsp3) is 0.595. The van der Waals surface area contributed by atoms with Gasteiger partial charge in [-0.15, -0.1) is 0 Å². The van der Waals surface area contributed by atoms with Crippen LogP contribution in [0, 0.1) is 0 Å². The van der Waals surface area contributed by atoms with Gasteiger partial charge < -0.3 is 34.8 Å². The standard InChI is InChI=1S/C21H27Cl2N3O4.C19H25Cl2N3O2.C2H2O3/c22-15-4-3-14(9-16(15)23)10-19(27)26-8-7-25(11-20(28)29)18-13-30-12-17(21(18)26)24-5-1-2-6-24;20-14-4-3-13(9-15(14)21)10-18(25)24-8-5-22-16-11-26-12-17(19(16)24)23-6-1-2-7-23;3-1-2(4)5/h3-4,9,17-18,21H,1-2,5-8,10-13H2,(H,28,29);3-4,9,16-17,19,22H,1-2,5-8,10-12H2;1H,(H,4,5)/t17-,18+,21+;16-,17+,19+;/m01./s1. The summed E-state index contributed by atoms with van der Waals surface area (Å²) < 4.78 is 11.8. The highest BCUT2D eigenvalue weighted by Crippen LogP contribution is 2.31. The van der Waals surface area contributed by atoms with E-state index in [1.54, 1.807) is 24.3 Å². The second-order valence-corrected chi connectivity index (χ2v) is 17.8. The summed E-state index contributed by atoms with van der Waals surface area (Å²) in [7, 11) is 0. The summed E-state index contributed by atoms with van der Waals surface area (Å²) in [5.74, 6) is -2.09. The molecule has 0 spiro atoms. The maximum Gasteiger partial charge on any atom is 0.368 e. The molecule has 334 valence electrons. The minimum absolute atomic E-state index is 0.0319. The van der Waals surface area contributed by atoms with E-state index in [1.165, 1.54) is 12.8 Å². The third-order valence-electron chi connectivity index (χ3n) is 12.3. The van der Waals surface area contributed by atoms with Crippen molar-refractivity contribution in [2.45, 2.75) is 74.8 Å². The second kappa shape index (κ2) is 22.5. The molecule has 0 saturated carbocycles. The average molecular weight is 929 g/mol. The van der Waals surface area contributed by atoms with Crippen LogP contribution < -0.4 is 5.32 Å². The van der Waals surface area contributed by atoms with Gasteiger partial charge in [0.1, 0.15) is 0 Å². The summed E-state index contributed by atoms with van der Waals surface area (Å²) in [6, 6.07) is 11.3. The lowest BCUT2D eigenvalue weighted by atomic mass is 9.91. The first kappa shape index (κ1) is 47.4. The fourth-order valence-electron chi connectivity index (χ4n) is 9.55. The average Bonchev–Trinajstić information content (AvgIpc) is 4.00. The van der Waals surface area contributed by atoms with Crippen LogP contribution in [0.25, 0.3) is 0 Å². The predicted molar refractivity (Wildman–Crippen MR) is 231 cm³/mol. The SMILES string of the molecule is O=C(Cc1ccc(Cl)c(Cl)c1)N1CCN[C@@H]2COC[C@H](N3CCCC3)[C@H]21.O=C(O)CN1CCN(C(=O)Cc2ccc(Cl)c(Cl)c2)[C@H]2[C@H]1COC[C@@H]2N1CCCC1.O=CC(=O)O. The maximum atomic E-state index is 13.4. The number of aliphatic carboxylic acids is 2. The summed E-state index contributed by atoms with van der Waals surface area (Å²) >= 11 is 24.2. The normalized spacial score (nSPS) is 26.8. The second-order valence-electron chi connectivity index (χ2n) is 16.1. The van der Waals surface area contributed by atoms with Crippen molar-refractivity contribution < 1.29 is 43.7 Å². The molecule has 2 aromatic carbocycles. The van der Waals surface area contributed by atoms with Crippen molar-refractivity contribution in [1.29, 1.82) is 0 Å². The lowest BCUT2D eigenvalue weighted by Crippen LogP contribution is -2.72. The van der Waals surface area contributed by atoms with E-state index in [9.17, 15) is 19.5 Å². The highest BCUT2D eigenvalue weighted by molar-refractivity contribution is 6.42. The van der Waals surface area contributed by atoms with Crippen LogP contribution in [0.4, 0.5) is 0 Å².